The van der Waals surface area contributed by atoms with E-state index in [0.29, 0.717) is 0 Å². The Balaban J connectivity index is 1.02. The molecule has 0 aliphatic heterocycles. The summed E-state index contributed by atoms with van der Waals surface area (Å²) in [5.41, 5.74) is 20.4. The summed E-state index contributed by atoms with van der Waals surface area (Å²) in [5, 5.41) is 4.94. The minimum Gasteiger partial charge on any atom is -0.228 e. The van der Waals surface area contributed by atoms with Crippen molar-refractivity contribution in [2.45, 2.75) is 38.5 Å². The van der Waals surface area contributed by atoms with Gasteiger partial charge in [0.05, 0.1) is 11.4 Å². The number of fused-ring (bicyclic) bond motifs is 9. The van der Waals surface area contributed by atoms with Crippen molar-refractivity contribution in [1.82, 2.24) is 9.97 Å². The van der Waals surface area contributed by atoms with Crippen LogP contribution in [0.2, 0.25) is 0 Å². The zero-order valence-corrected chi connectivity index (χ0v) is 35.4. The van der Waals surface area contributed by atoms with Crippen molar-refractivity contribution in [2.75, 3.05) is 0 Å². The average molecular weight is 793 g/mol. The van der Waals surface area contributed by atoms with Gasteiger partial charge in [0.15, 0.2) is 5.82 Å². The Morgan fingerprint density at radius 3 is 1.61 bits per heavy atom. The Hall–Kier alpha value is -7.42. The van der Waals surface area contributed by atoms with Gasteiger partial charge >= 0.3 is 0 Å². The van der Waals surface area contributed by atoms with Gasteiger partial charge in [-0.05, 0) is 100 Å². The molecule has 0 radical (unpaired) electrons. The lowest BCUT2D eigenvalue weighted by molar-refractivity contribution is 0.660. The van der Waals surface area contributed by atoms with E-state index in [4.69, 9.17) is 9.97 Å². The molecule has 0 N–H and O–H groups in total. The maximum absolute atomic E-state index is 5.35. The molecule has 0 amide bonds. The highest BCUT2D eigenvalue weighted by Crippen LogP contribution is 2.55. The smallest absolute Gasteiger partial charge is 0.160 e. The first-order chi connectivity index (χ1) is 30.3. The van der Waals surface area contributed by atoms with Crippen LogP contribution in [0.4, 0.5) is 0 Å². The van der Waals surface area contributed by atoms with Crippen molar-refractivity contribution in [3.63, 3.8) is 0 Å². The molecule has 0 bridgehead atoms. The molecule has 0 fully saturated rings. The molecule has 2 aliphatic carbocycles. The number of nitrogens with zero attached hydrogens (tertiary/aromatic N) is 2. The number of hydrogen-bond donors (Lipinski definition) is 0. The summed E-state index contributed by atoms with van der Waals surface area (Å²) in [5.74, 6) is 0.718. The zero-order valence-electron chi connectivity index (χ0n) is 35.4. The van der Waals surface area contributed by atoms with Gasteiger partial charge in [-0.1, -0.05) is 210 Å². The third kappa shape index (κ3) is 5.36. The summed E-state index contributed by atoms with van der Waals surface area (Å²) in [6.45, 7) is 9.41. The Morgan fingerprint density at radius 2 is 0.823 bits per heavy atom. The lowest BCUT2D eigenvalue weighted by Crippen LogP contribution is -2.14. The largest absolute Gasteiger partial charge is 0.228 e. The van der Waals surface area contributed by atoms with Gasteiger partial charge in [0.1, 0.15) is 0 Å². The second-order valence-corrected chi connectivity index (χ2v) is 18.1. The van der Waals surface area contributed by atoms with Crippen LogP contribution in [-0.4, -0.2) is 9.97 Å². The maximum Gasteiger partial charge on any atom is 0.160 e. The summed E-state index contributed by atoms with van der Waals surface area (Å²) < 4.78 is 0. The molecule has 294 valence electrons. The van der Waals surface area contributed by atoms with Crippen molar-refractivity contribution >= 4 is 21.5 Å². The lowest BCUT2D eigenvalue weighted by Gasteiger charge is -2.22. The van der Waals surface area contributed by atoms with Crippen molar-refractivity contribution in [2.24, 2.45) is 0 Å². The summed E-state index contributed by atoms with van der Waals surface area (Å²) in [7, 11) is 0. The van der Waals surface area contributed by atoms with Crippen LogP contribution in [0.3, 0.4) is 0 Å². The molecule has 0 saturated carbocycles. The minimum atomic E-state index is -0.112. The van der Waals surface area contributed by atoms with E-state index in [1.165, 1.54) is 82.9 Å². The normalized spacial score (nSPS) is 14.1. The molecule has 0 atom stereocenters. The molecular formula is C60H44N2. The van der Waals surface area contributed by atoms with Crippen LogP contribution in [0.1, 0.15) is 49.9 Å². The van der Waals surface area contributed by atoms with Gasteiger partial charge in [0.25, 0.3) is 0 Å². The summed E-state index contributed by atoms with van der Waals surface area (Å²) >= 11 is 0. The molecule has 2 nitrogen and oxygen atoms in total. The highest BCUT2D eigenvalue weighted by molar-refractivity contribution is 6.08. The molecule has 0 saturated heterocycles. The van der Waals surface area contributed by atoms with Crippen LogP contribution in [0.5, 0.6) is 0 Å². The van der Waals surface area contributed by atoms with E-state index < -0.39 is 0 Å². The molecule has 10 aromatic rings. The molecule has 2 aliphatic rings. The van der Waals surface area contributed by atoms with E-state index >= 15 is 0 Å². The molecule has 12 rings (SSSR count). The number of hydrogen-bond acceptors (Lipinski definition) is 2. The minimum absolute atomic E-state index is 0.1000. The van der Waals surface area contributed by atoms with Crippen LogP contribution in [0, 0.1) is 0 Å². The predicted octanol–water partition coefficient (Wildman–Crippen LogP) is 15.7. The zero-order chi connectivity index (χ0) is 41.7. The number of aromatic nitrogens is 2. The quantitative estimate of drug-likeness (QED) is 0.173. The molecule has 1 aromatic heterocycles. The maximum atomic E-state index is 5.35. The summed E-state index contributed by atoms with van der Waals surface area (Å²) in [6, 6.07) is 71.0. The molecule has 2 heteroatoms. The molecular weight excluding hydrogens is 749 g/mol. The van der Waals surface area contributed by atoms with Crippen molar-refractivity contribution in [3.8, 4) is 78.4 Å². The second kappa shape index (κ2) is 13.5. The van der Waals surface area contributed by atoms with E-state index in [1.54, 1.807) is 0 Å². The first-order valence-electron chi connectivity index (χ1n) is 21.7. The highest BCUT2D eigenvalue weighted by Gasteiger charge is 2.39. The highest BCUT2D eigenvalue weighted by atomic mass is 14.9. The second-order valence-electron chi connectivity index (χ2n) is 18.1. The summed E-state index contributed by atoms with van der Waals surface area (Å²) in [6.07, 6.45) is 0. The Labute approximate surface area is 363 Å². The molecule has 0 unspecified atom stereocenters. The Bertz CT molecular complexity index is 3460. The third-order valence-electron chi connectivity index (χ3n) is 13.9. The average Bonchev–Trinajstić information content (AvgIpc) is 3.71. The van der Waals surface area contributed by atoms with Crippen molar-refractivity contribution < 1.29 is 0 Å². The van der Waals surface area contributed by atoms with Gasteiger partial charge in [-0.3, -0.25) is 0 Å². The van der Waals surface area contributed by atoms with E-state index in [9.17, 15) is 0 Å². The van der Waals surface area contributed by atoms with Gasteiger partial charge in [-0.15, -0.1) is 0 Å². The fraction of sp³-hybridized carbons (Fsp3) is 0.100. The molecule has 1 heterocycles. The number of benzene rings is 9. The lowest BCUT2D eigenvalue weighted by atomic mass is 9.81. The predicted molar refractivity (Wildman–Crippen MR) is 259 cm³/mol. The van der Waals surface area contributed by atoms with Gasteiger partial charge in [0, 0.05) is 27.5 Å². The fourth-order valence-corrected chi connectivity index (χ4v) is 10.8. The SMILES string of the molecule is CC1(C)c2ccccc2-c2c(-c3cc(-c4ccc(-c5cccc(-c6cccc7c6-c6c(ccc8ccccc68)C7(C)C)c5)c5ccccc45)nc(-c4ccccc4)n3)cccc21. The van der Waals surface area contributed by atoms with Gasteiger partial charge in [-0.25, -0.2) is 9.97 Å². The van der Waals surface area contributed by atoms with Crippen LogP contribution in [-0.2, 0) is 10.8 Å². The van der Waals surface area contributed by atoms with Crippen LogP contribution >= 0.6 is 0 Å². The van der Waals surface area contributed by atoms with Gasteiger partial charge in [-0.2, -0.15) is 0 Å². The Morgan fingerprint density at radius 1 is 0.306 bits per heavy atom. The van der Waals surface area contributed by atoms with Gasteiger partial charge < -0.3 is 0 Å². The van der Waals surface area contributed by atoms with E-state index in [2.05, 4.69) is 216 Å². The van der Waals surface area contributed by atoms with E-state index in [-0.39, 0.29) is 10.8 Å². The molecule has 0 spiro atoms. The van der Waals surface area contributed by atoms with Crippen molar-refractivity contribution in [1.29, 1.82) is 0 Å². The van der Waals surface area contributed by atoms with Crippen molar-refractivity contribution in [3.05, 3.63) is 216 Å². The van der Waals surface area contributed by atoms with Gasteiger partial charge in [0.2, 0.25) is 0 Å². The number of rotatable bonds is 5. The van der Waals surface area contributed by atoms with E-state index in [0.717, 1.165) is 39.3 Å². The first-order valence-corrected chi connectivity index (χ1v) is 21.7. The molecule has 62 heavy (non-hydrogen) atoms. The summed E-state index contributed by atoms with van der Waals surface area (Å²) in [4.78, 5) is 10.7. The first kappa shape index (κ1) is 36.4. The van der Waals surface area contributed by atoms with Crippen LogP contribution < -0.4 is 0 Å². The topological polar surface area (TPSA) is 25.8 Å². The van der Waals surface area contributed by atoms with Crippen LogP contribution in [0.15, 0.2) is 194 Å². The third-order valence-corrected chi connectivity index (χ3v) is 13.9. The van der Waals surface area contributed by atoms with Crippen LogP contribution in [0.25, 0.3) is 100.0 Å². The monoisotopic (exact) mass is 792 g/mol. The standard InChI is InChI=1S/C60H44N2/c1-59(2)49-28-13-12-25-47(49)55-48(27-16-29-50(55)59)54-36-53(61-58(62-54)38-18-6-5-7-19-38)46-33-32-41(44-23-10-11-24-45(44)46)39-20-14-21-40(35-39)43-26-15-30-51-57(43)56-42-22-9-8-17-37(42)31-34-52(56)60(51,3)4/h5-36H,1-4H3. The fourth-order valence-electron chi connectivity index (χ4n) is 10.8. The van der Waals surface area contributed by atoms with E-state index in [1.807, 2.05) is 6.07 Å². The Kier molecular flexibility index (Phi) is 7.96. The molecule has 9 aromatic carbocycles.